The highest BCUT2D eigenvalue weighted by molar-refractivity contribution is 9.10. The Balaban J connectivity index is 1.98. The van der Waals surface area contributed by atoms with Gasteiger partial charge in [0.15, 0.2) is 0 Å². The van der Waals surface area contributed by atoms with Crippen LogP contribution in [0.3, 0.4) is 0 Å². The van der Waals surface area contributed by atoms with Gasteiger partial charge in [-0.2, -0.15) is 5.10 Å². The van der Waals surface area contributed by atoms with Gasteiger partial charge in [-0.3, -0.25) is 4.68 Å². The first kappa shape index (κ1) is 18.8. The molecule has 1 fully saturated rings. The Morgan fingerprint density at radius 1 is 1.33 bits per heavy atom. The number of piperidine rings is 1. The van der Waals surface area contributed by atoms with Crippen LogP contribution in [0.2, 0.25) is 0 Å². The van der Waals surface area contributed by atoms with Gasteiger partial charge in [-0.25, -0.2) is 9.59 Å². The second kappa shape index (κ2) is 7.55. The maximum atomic E-state index is 12.1. The number of esters is 1. The number of hydrogen-bond acceptors (Lipinski definition) is 5. The average Bonchev–Trinajstić information content (AvgIpc) is 2.87. The van der Waals surface area contributed by atoms with Gasteiger partial charge in [0.2, 0.25) is 0 Å². The molecule has 1 aromatic heterocycles. The summed E-state index contributed by atoms with van der Waals surface area (Å²) in [6, 6.07) is 0.126. The Hall–Kier alpha value is -1.57. The van der Waals surface area contributed by atoms with Crippen LogP contribution in [-0.2, 0) is 9.47 Å². The van der Waals surface area contributed by atoms with Gasteiger partial charge in [0.1, 0.15) is 15.8 Å². The Labute approximate surface area is 150 Å². The number of carbonyl (C=O) groups excluding carboxylic acids is 2. The lowest BCUT2D eigenvalue weighted by atomic mass is 10.1. The summed E-state index contributed by atoms with van der Waals surface area (Å²) in [6.07, 6.45) is 2.74. The van der Waals surface area contributed by atoms with Gasteiger partial charge >= 0.3 is 12.1 Å². The molecule has 0 spiro atoms. The zero-order valence-electron chi connectivity index (χ0n) is 14.5. The number of halogens is 1. The predicted octanol–water partition coefficient (Wildman–Crippen LogP) is 3.39. The molecule has 1 aliphatic rings. The van der Waals surface area contributed by atoms with Crippen molar-refractivity contribution in [1.82, 2.24) is 14.7 Å². The summed E-state index contributed by atoms with van der Waals surface area (Å²) in [4.78, 5) is 25.7. The Kier molecular flexibility index (Phi) is 5.90. The van der Waals surface area contributed by atoms with Gasteiger partial charge in [0.05, 0.1) is 18.8 Å². The highest BCUT2D eigenvalue weighted by atomic mass is 79.9. The molecule has 0 aromatic carbocycles. The predicted molar refractivity (Wildman–Crippen MR) is 92.0 cm³/mol. The third kappa shape index (κ3) is 4.49. The minimum Gasteiger partial charge on any atom is -0.462 e. The summed E-state index contributed by atoms with van der Waals surface area (Å²) in [5.74, 6) is -0.387. The van der Waals surface area contributed by atoms with E-state index < -0.39 is 5.60 Å². The summed E-state index contributed by atoms with van der Waals surface area (Å²) < 4.78 is 12.8. The molecule has 1 aliphatic heterocycles. The van der Waals surface area contributed by atoms with Crippen molar-refractivity contribution in [3.8, 4) is 0 Å². The number of likely N-dealkylation sites (tertiary alicyclic amines) is 1. The standard InChI is InChI=1S/C16H24BrN3O4/c1-5-23-14(21)12-10-18-20(13(12)17)11-6-8-19(9-7-11)15(22)24-16(2,3)4/h10-11H,5-9H2,1-4H3. The van der Waals surface area contributed by atoms with Crippen LogP contribution in [0, 0.1) is 0 Å². The van der Waals surface area contributed by atoms with E-state index in [2.05, 4.69) is 21.0 Å². The van der Waals surface area contributed by atoms with Gasteiger partial charge < -0.3 is 14.4 Å². The van der Waals surface area contributed by atoms with Crippen molar-refractivity contribution in [3.63, 3.8) is 0 Å². The molecule has 1 aromatic rings. The minimum absolute atomic E-state index is 0.126. The molecule has 134 valence electrons. The summed E-state index contributed by atoms with van der Waals surface area (Å²) in [5.41, 5.74) is -0.0700. The molecule has 2 heterocycles. The highest BCUT2D eigenvalue weighted by Crippen LogP contribution is 2.28. The summed E-state index contributed by atoms with van der Waals surface area (Å²) in [5, 5.41) is 4.31. The van der Waals surface area contributed by atoms with Gasteiger partial charge in [-0.1, -0.05) is 0 Å². The van der Waals surface area contributed by atoms with Crippen LogP contribution >= 0.6 is 15.9 Å². The van der Waals surface area contributed by atoms with Crippen molar-refractivity contribution in [2.24, 2.45) is 0 Å². The molecule has 0 N–H and O–H groups in total. The lowest BCUT2D eigenvalue weighted by Gasteiger charge is -2.33. The quantitative estimate of drug-likeness (QED) is 0.725. The molecule has 2 rings (SSSR count). The first-order valence-corrected chi connectivity index (χ1v) is 8.90. The monoisotopic (exact) mass is 401 g/mol. The Bertz CT molecular complexity index is 601. The second-order valence-corrected chi connectivity index (χ2v) is 7.46. The smallest absolute Gasteiger partial charge is 0.410 e. The van der Waals surface area contributed by atoms with Crippen LogP contribution in [0.15, 0.2) is 10.8 Å². The molecule has 1 amide bonds. The van der Waals surface area contributed by atoms with Crippen molar-refractivity contribution in [3.05, 3.63) is 16.4 Å². The molecule has 0 saturated carbocycles. The van der Waals surface area contributed by atoms with Gasteiger partial charge in [-0.15, -0.1) is 0 Å². The van der Waals surface area contributed by atoms with Crippen molar-refractivity contribution in [2.75, 3.05) is 19.7 Å². The van der Waals surface area contributed by atoms with Crippen molar-refractivity contribution >= 4 is 28.0 Å². The van der Waals surface area contributed by atoms with Crippen molar-refractivity contribution in [1.29, 1.82) is 0 Å². The van der Waals surface area contributed by atoms with Crippen molar-refractivity contribution < 1.29 is 19.1 Å². The molecule has 8 heteroatoms. The molecule has 24 heavy (non-hydrogen) atoms. The topological polar surface area (TPSA) is 73.7 Å². The third-order valence-corrected chi connectivity index (χ3v) is 4.48. The molecular weight excluding hydrogens is 378 g/mol. The first-order valence-electron chi connectivity index (χ1n) is 8.11. The van der Waals surface area contributed by atoms with Gasteiger partial charge in [0, 0.05) is 13.1 Å². The lowest BCUT2D eigenvalue weighted by molar-refractivity contribution is 0.0184. The number of rotatable bonds is 3. The number of nitrogens with zero attached hydrogens (tertiary/aromatic N) is 3. The molecule has 0 aliphatic carbocycles. The van der Waals surface area contributed by atoms with Crippen LogP contribution in [-0.4, -0.2) is 52.0 Å². The second-order valence-electron chi connectivity index (χ2n) is 6.71. The highest BCUT2D eigenvalue weighted by Gasteiger charge is 2.29. The maximum absolute atomic E-state index is 12.1. The zero-order valence-corrected chi connectivity index (χ0v) is 16.1. The third-order valence-electron chi connectivity index (χ3n) is 3.69. The summed E-state index contributed by atoms with van der Waals surface area (Å²) >= 11 is 3.44. The van der Waals surface area contributed by atoms with Crippen LogP contribution in [0.25, 0.3) is 0 Å². The molecule has 7 nitrogen and oxygen atoms in total. The normalized spacial score (nSPS) is 16.1. The average molecular weight is 402 g/mol. The van der Waals surface area contributed by atoms with E-state index in [4.69, 9.17) is 9.47 Å². The van der Waals surface area contributed by atoms with Gasteiger partial charge in [-0.05, 0) is 56.5 Å². The van der Waals surface area contributed by atoms with Crippen LogP contribution in [0.1, 0.15) is 56.9 Å². The largest absolute Gasteiger partial charge is 0.462 e. The number of hydrogen-bond donors (Lipinski definition) is 0. The van der Waals surface area contributed by atoms with E-state index in [0.717, 1.165) is 12.8 Å². The maximum Gasteiger partial charge on any atom is 0.410 e. The van der Waals surface area contributed by atoms with Crippen LogP contribution < -0.4 is 0 Å². The number of amides is 1. The zero-order chi connectivity index (χ0) is 17.9. The van der Waals surface area contributed by atoms with E-state index in [1.807, 2.05) is 20.8 Å². The van der Waals surface area contributed by atoms with E-state index in [0.29, 0.717) is 29.9 Å². The first-order chi connectivity index (χ1) is 11.2. The molecule has 0 unspecified atom stereocenters. The molecular formula is C16H24BrN3O4. The van der Waals surface area contributed by atoms with E-state index in [9.17, 15) is 9.59 Å². The molecule has 0 bridgehead atoms. The number of aromatic nitrogens is 2. The van der Waals surface area contributed by atoms with E-state index >= 15 is 0 Å². The molecule has 1 saturated heterocycles. The van der Waals surface area contributed by atoms with Crippen LogP contribution in [0.4, 0.5) is 4.79 Å². The fourth-order valence-electron chi connectivity index (χ4n) is 2.57. The van der Waals surface area contributed by atoms with Crippen molar-refractivity contribution in [2.45, 2.75) is 52.2 Å². The molecule has 0 atom stereocenters. The van der Waals surface area contributed by atoms with Crippen LogP contribution in [0.5, 0.6) is 0 Å². The number of ether oxygens (including phenoxy) is 2. The fourth-order valence-corrected chi connectivity index (χ4v) is 3.21. The fraction of sp³-hybridized carbons (Fsp3) is 0.688. The summed E-state index contributed by atoms with van der Waals surface area (Å²) in [6.45, 7) is 8.86. The van der Waals surface area contributed by atoms with Gasteiger partial charge in [0.25, 0.3) is 0 Å². The SMILES string of the molecule is CCOC(=O)c1cnn(C2CCN(C(=O)OC(C)(C)C)CC2)c1Br. The molecule has 0 radical (unpaired) electrons. The minimum atomic E-state index is -0.493. The number of carbonyl (C=O) groups is 2. The van der Waals surface area contributed by atoms with E-state index in [1.165, 1.54) is 6.20 Å². The lowest BCUT2D eigenvalue weighted by Crippen LogP contribution is -2.42. The van der Waals surface area contributed by atoms with E-state index in [-0.39, 0.29) is 18.1 Å². The summed E-state index contributed by atoms with van der Waals surface area (Å²) in [7, 11) is 0. The Morgan fingerprint density at radius 2 is 1.96 bits per heavy atom. The van der Waals surface area contributed by atoms with E-state index in [1.54, 1.807) is 16.5 Å². The Morgan fingerprint density at radius 3 is 2.50 bits per heavy atom.